The largest absolute Gasteiger partial charge is 0.355 e. The summed E-state index contributed by atoms with van der Waals surface area (Å²) in [6, 6.07) is 2.07. The van der Waals surface area contributed by atoms with Gasteiger partial charge in [-0.25, -0.2) is 9.97 Å². The maximum Gasteiger partial charge on any atom is 0.142 e. The van der Waals surface area contributed by atoms with E-state index < -0.39 is 0 Å². The van der Waals surface area contributed by atoms with Gasteiger partial charge in [0, 0.05) is 19.3 Å². The fraction of sp³-hybridized carbons (Fsp3) is 0.467. The van der Waals surface area contributed by atoms with E-state index in [9.17, 15) is 0 Å². The Morgan fingerprint density at radius 1 is 1.42 bits per heavy atom. The van der Waals surface area contributed by atoms with Crippen molar-refractivity contribution in [3.05, 3.63) is 31.2 Å². The first-order valence-electron chi connectivity index (χ1n) is 6.98. The van der Waals surface area contributed by atoms with Crippen molar-refractivity contribution in [3.8, 4) is 0 Å². The summed E-state index contributed by atoms with van der Waals surface area (Å²) in [5, 5.41) is 1.13. The van der Waals surface area contributed by atoms with E-state index in [2.05, 4.69) is 38.6 Å². The van der Waals surface area contributed by atoms with Gasteiger partial charge in [-0.15, -0.1) is 6.58 Å². The van der Waals surface area contributed by atoms with Crippen LogP contribution in [0.4, 0.5) is 5.82 Å². The number of allylic oxidation sites excluding steroid dienone is 1. The number of H-pyrrole nitrogens is 1. The predicted octanol–water partition coefficient (Wildman–Crippen LogP) is 2.75. The molecule has 2 fully saturated rings. The van der Waals surface area contributed by atoms with Gasteiger partial charge >= 0.3 is 0 Å². The summed E-state index contributed by atoms with van der Waals surface area (Å²) < 4.78 is 0. The lowest BCUT2D eigenvalue weighted by Crippen LogP contribution is -2.41. The van der Waals surface area contributed by atoms with Crippen LogP contribution in [0.2, 0.25) is 0 Å². The van der Waals surface area contributed by atoms with Gasteiger partial charge in [0.2, 0.25) is 0 Å². The van der Waals surface area contributed by atoms with Crippen LogP contribution in [-0.4, -0.2) is 28.0 Å². The third kappa shape index (κ3) is 1.59. The van der Waals surface area contributed by atoms with Gasteiger partial charge in [0.1, 0.15) is 17.8 Å². The molecule has 2 aliphatic rings. The number of hydrogen-bond acceptors (Lipinski definition) is 3. The lowest BCUT2D eigenvalue weighted by molar-refractivity contribution is 0.308. The summed E-state index contributed by atoms with van der Waals surface area (Å²) in [6.07, 6.45) is 9.62. The second-order valence-corrected chi connectivity index (χ2v) is 5.85. The number of aromatic nitrogens is 3. The van der Waals surface area contributed by atoms with Crippen molar-refractivity contribution < 1.29 is 0 Å². The van der Waals surface area contributed by atoms with Crippen molar-refractivity contribution in [1.82, 2.24) is 15.0 Å². The maximum absolute atomic E-state index is 4.52. The van der Waals surface area contributed by atoms with E-state index >= 15 is 0 Å². The molecule has 0 radical (unpaired) electrons. The highest BCUT2D eigenvalue weighted by Gasteiger charge is 2.51. The molecule has 4 heteroatoms. The van der Waals surface area contributed by atoms with Gasteiger partial charge in [-0.05, 0) is 36.7 Å². The zero-order valence-corrected chi connectivity index (χ0v) is 11.0. The van der Waals surface area contributed by atoms with E-state index in [1.807, 2.05) is 6.20 Å². The average Bonchev–Trinajstić information content (AvgIpc) is 3.03. The van der Waals surface area contributed by atoms with Crippen LogP contribution in [-0.2, 0) is 0 Å². The molecule has 1 atom stereocenters. The van der Waals surface area contributed by atoms with Crippen molar-refractivity contribution in [2.24, 2.45) is 11.3 Å². The normalized spacial score (nSPS) is 24.8. The fourth-order valence-corrected chi connectivity index (χ4v) is 3.53. The minimum absolute atomic E-state index is 0.480. The first-order valence-corrected chi connectivity index (χ1v) is 6.98. The molecule has 1 spiro atoms. The van der Waals surface area contributed by atoms with Gasteiger partial charge in [0.15, 0.2) is 0 Å². The summed E-state index contributed by atoms with van der Waals surface area (Å²) in [5.74, 6) is 1.77. The Morgan fingerprint density at radius 2 is 2.32 bits per heavy atom. The molecule has 1 aliphatic heterocycles. The monoisotopic (exact) mass is 254 g/mol. The van der Waals surface area contributed by atoms with Crippen LogP contribution >= 0.6 is 0 Å². The first-order chi connectivity index (χ1) is 9.32. The van der Waals surface area contributed by atoms with Crippen LogP contribution in [0.25, 0.3) is 11.0 Å². The zero-order valence-electron chi connectivity index (χ0n) is 11.0. The molecule has 2 aromatic heterocycles. The average molecular weight is 254 g/mol. The number of piperidine rings is 1. The molecular formula is C15H18N4. The highest BCUT2D eigenvalue weighted by Crippen LogP contribution is 2.56. The standard InChI is InChI=1S/C15H18N4/c1-2-11-4-8-19(9-15(11)5-6-15)14-12-3-7-16-13(12)17-10-18-14/h2-3,7,10-11H,1,4-6,8-9H2,(H,16,17,18). The van der Waals surface area contributed by atoms with Gasteiger partial charge in [0.25, 0.3) is 0 Å². The maximum atomic E-state index is 4.52. The Labute approximate surface area is 112 Å². The van der Waals surface area contributed by atoms with E-state index in [-0.39, 0.29) is 0 Å². The second-order valence-electron chi connectivity index (χ2n) is 5.85. The summed E-state index contributed by atoms with van der Waals surface area (Å²) in [6.45, 7) is 6.19. The van der Waals surface area contributed by atoms with E-state index in [0.29, 0.717) is 11.3 Å². The van der Waals surface area contributed by atoms with Crippen molar-refractivity contribution in [2.45, 2.75) is 19.3 Å². The minimum atomic E-state index is 0.480. The van der Waals surface area contributed by atoms with Crippen molar-refractivity contribution in [1.29, 1.82) is 0 Å². The van der Waals surface area contributed by atoms with Crippen molar-refractivity contribution >= 4 is 16.9 Å². The Balaban J connectivity index is 1.70. The molecule has 19 heavy (non-hydrogen) atoms. The molecule has 1 saturated carbocycles. The number of nitrogens with zero attached hydrogens (tertiary/aromatic N) is 3. The highest BCUT2D eigenvalue weighted by molar-refractivity contribution is 5.87. The molecule has 1 saturated heterocycles. The quantitative estimate of drug-likeness (QED) is 0.838. The molecular weight excluding hydrogens is 236 g/mol. The molecule has 4 rings (SSSR count). The molecule has 0 aromatic carbocycles. The van der Waals surface area contributed by atoms with Gasteiger partial charge in [-0.3, -0.25) is 0 Å². The number of hydrogen-bond donors (Lipinski definition) is 1. The lowest BCUT2D eigenvalue weighted by atomic mass is 9.82. The van der Waals surface area contributed by atoms with Gasteiger partial charge in [-0.2, -0.15) is 0 Å². The van der Waals surface area contributed by atoms with Gasteiger partial charge in [0.05, 0.1) is 5.39 Å². The van der Waals surface area contributed by atoms with Crippen molar-refractivity contribution in [2.75, 3.05) is 18.0 Å². The topological polar surface area (TPSA) is 44.8 Å². The van der Waals surface area contributed by atoms with Crippen LogP contribution in [0.5, 0.6) is 0 Å². The molecule has 98 valence electrons. The summed E-state index contributed by atoms with van der Waals surface area (Å²) in [4.78, 5) is 14.4. The molecule has 2 aromatic rings. The summed E-state index contributed by atoms with van der Waals surface area (Å²) in [5.41, 5.74) is 1.41. The Hall–Kier alpha value is -1.84. The van der Waals surface area contributed by atoms with Crippen LogP contribution in [0.15, 0.2) is 31.2 Å². The molecule has 0 amide bonds. The number of aromatic amines is 1. The van der Waals surface area contributed by atoms with Crippen LogP contribution < -0.4 is 4.90 Å². The second kappa shape index (κ2) is 3.83. The number of fused-ring (bicyclic) bond motifs is 1. The van der Waals surface area contributed by atoms with Crippen LogP contribution in [0, 0.1) is 11.3 Å². The third-order valence-electron chi connectivity index (χ3n) is 4.81. The lowest BCUT2D eigenvalue weighted by Gasteiger charge is -2.38. The highest BCUT2D eigenvalue weighted by atomic mass is 15.2. The molecule has 1 aliphatic carbocycles. The number of rotatable bonds is 2. The Morgan fingerprint density at radius 3 is 3.11 bits per heavy atom. The summed E-state index contributed by atoms with van der Waals surface area (Å²) >= 11 is 0. The molecule has 1 unspecified atom stereocenters. The van der Waals surface area contributed by atoms with Crippen molar-refractivity contribution in [3.63, 3.8) is 0 Å². The number of nitrogens with one attached hydrogen (secondary N) is 1. The smallest absolute Gasteiger partial charge is 0.142 e. The number of anilines is 1. The Bertz CT molecular complexity index is 626. The van der Waals surface area contributed by atoms with Crippen LogP contribution in [0.1, 0.15) is 19.3 Å². The minimum Gasteiger partial charge on any atom is -0.355 e. The van der Waals surface area contributed by atoms with E-state index in [1.54, 1.807) is 6.33 Å². The first kappa shape index (κ1) is 11.0. The fourth-order valence-electron chi connectivity index (χ4n) is 3.53. The van der Waals surface area contributed by atoms with Gasteiger partial charge < -0.3 is 9.88 Å². The third-order valence-corrected chi connectivity index (χ3v) is 4.81. The van der Waals surface area contributed by atoms with E-state index in [0.717, 1.165) is 29.9 Å². The molecule has 3 heterocycles. The zero-order chi connectivity index (χ0) is 12.9. The molecule has 4 nitrogen and oxygen atoms in total. The molecule has 0 bridgehead atoms. The van der Waals surface area contributed by atoms with Crippen LogP contribution in [0.3, 0.4) is 0 Å². The Kier molecular flexibility index (Phi) is 2.22. The van der Waals surface area contributed by atoms with E-state index in [4.69, 9.17) is 0 Å². The molecule has 1 N–H and O–H groups in total. The van der Waals surface area contributed by atoms with Gasteiger partial charge in [-0.1, -0.05) is 6.08 Å². The SMILES string of the molecule is C=CC1CCN(c2ncnc3[nH]ccc23)CC12CC2. The summed E-state index contributed by atoms with van der Waals surface area (Å²) in [7, 11) is 0. The van der Waals surface area contributed by atoms with E-state index in [1.165, 1.54) is 19.3 Å². The predicted molar refractivity (Wildman–Crippen MR) is 76.1 cm³/mol.